The zero-order valence-corrected chi connectivity index (χ0v) is 17.8. The van der Waals surface area contributed by atoms with E-state index in [1.165, 1.54) is 11.1 Å². The molecule has 0 fully saturated rings. The smallest absolute Gasteiger partial charge is 0.255 e. The van der Waals surface area contributed by atoms with Crippen LogP contribution in [0.1, 0.15) is 21.5 Å². The minimum Gasteiger partial charge on any atom is -0.454 e. The fourth-order valence-electron chi connectivity index (χ4n) is 3.11. The molecular formula is C23H18N2O3S2. The first kappa shape index (κ1) is 19.0. The van der Waals surface area contributed by atoms with Crippen LogP contribution in [0.25, 0.3) is 10.2 Å². The van der Waals surface area contributed by atoms with Crippen LogP contribution in [-0.4, -0.2) is 17.7 Å². The van der Waals surface area contributed by atoms with Gasteiger partial charge in [0, 0.05) is 17.0 Å². The number of rotatable bonds is 5. The zero-order chi connectivity index (χ0) is 20.5. The van der Waals surface area contributed by atoms with Crippen LogP contribution < -0.4 is 14.8 Å². The lowest BCUT2D eigenvalue weighted by Crippen LogP contribution is -2.11. The molecule has 0 atom stereocenters. The summed E-state index contributed by atoms with van der Waals surface area (Å²) in [5, 5.41) is 2.95. The topological polar surface area (TPSA) is 60.5 Å². The molecule has 5 nitrogen and oxygen atoms in total. The number of hydrogen-bond acceptors (Lipinski definition) is 6. The van der Waals surface area contributed by atoms with Crippen LogP contribution in [0.2, 0.25) is 0 Å². The molecule has 0 saturated heterocycles. The van der Waals surface area contributed by atoms with Gasteiger partial charge in [0.1, 0.15) is 0 Å². The Kier molecular flexibility index (Phi) is 5.06. The van der Waals surface area contributed by atoms with Crippen LogP contribution in [0.4, 0.5) is 5.69 Å². The van der Waals surface area contributed by atoms with Gasteiger partial charge in [-0.3, -0.25) is 4.79 Å². The van der Waals surface area contributed by atoms with Crippen molar-refractivity contribution in [1.29, 1.82) is 0 Å². The highest BCUT2D eigenvalue weighted by molar-refractivity contribution is 8.00. The number of amides is 1. The molecule has 150 valence electrons. The normalized spacial score (nSPS) is 12.3. The van der Waals surface area contributed by atoms with Gasteiger partial charge in [0.2, 0.25) is 6.79 Å². The van der Waals surface area contributed by atoms with E-state index >= 15 is 0 Å². The lowest BCUT2D eigenvalue weighted by atomic mass is 10.2. The third-order valence-corrected chi connectivity index (χ3v) is 6.98. The third-order valence-electron chi connectivity index (χ3n) is 4.74. The SMILES string of the molecule is Cc1ccc(CSc2nc3ccc(NC(=O)c4ccc5c(c4)OCO5)cc3s2)cc1. The van der Waals surface area contributed by atoms with Gasteiger partial charge in [0.15, 0.2) is 15.8 Å². The lowest BCUT2D eigenvalue weighted by molar-refractivity contribution is 0.102. The first-order valence-electron chi connectivity index (χ1n) is 9.44. The Morgan fingerprint density at radius 1 is 1.07 bits per heavy atom. The van der Waals surface area contributed by atoms with Crippen LogP contribution in [0, 0.1) is 6.92 Å². The molecule has 0 bridgehead atoms. The highest BCUT2D eigenvalue weighted by Gasteiger charge is 2.16. The molecule has 1 aliphatic rings. The first-order valence-corrected chi connectivity index (χ1v) is 11.2. The number of nitrogens with zero attached hydrogens (tertiary/aromatic N) is 1. The molecule has 3 aromatic carbocycles. The average Bonchev–Trinajstić information content (AvgIpc) is 3.38. The molecule has 4 aromatic rings. The number of thioether (sulfide) groups is 1. The van der Waals surface area contributed by atoms with E-state index in [9.17, 15) is 4.79 Å². The number of ether oxygens (including phenoxy) is 2. The summed E-state index contributed by atoms with van der Waals surface area (Å²) in [6, 6.07) is 19.5. The molecule has 2 heterocycles. The number of aromatic nitrogens is 1. The zero-order valence-electron chi connectivity index (χ0n) is 16.2. The predicted octanol–water partition coefficient (Wildman–Crippen LogP) is 5.88. The van der Waals surface area contributed by atoms with Gasteiger partial charge in [0.05, 0.1) is 10.2 Å². The van der Waals surface area contributed by atoms with E-state index in [0.29, 0.717) is 17.1 Å². The Morgan fingerprint density at radius 2 is 1.90 bits per heavy atom. The van der Waals surface area contributed by atoms with E-state index in [1.54, 1.807) is 41.3 Å². The van der Waals surface area contributed by atoms with Crippen LogP contribution in [0.3, 0.4) is 0 Å². The van der Waals surface area contributed by atoms with Gasteiger partial charge >= 0.3 is 0 Å². The largest absolute Gasteiger partial charge is 0.454 e. The second-order valence-corrected chi connectivity index (χ2v) is 9.21. The van der Waals surface area contributed by atoms with E-state index in [2.05, 4.69) is 36.5 Å². The molecule has 1 aromatic heterocycles. The van der Waals surface area contributed by atoms with Crippen molar-refractivity contribution < 1.29 is 14.3 Å². The molecule has 1 amide bonds. The van der Waals surface area contributed by atoms with Crippen LogP contribution in [0.15, 0.2) is 65.0 Å². The van der Waals surface area contributed by atoms with Crippen molar-refractivity contribution in [2.24, 2.45) is 0 Å². The Morgan fingerprint density at radius 3 is 2.77 bits per heavy atom. The Labute approximate surface area is 182 Å². The number of anilines is 1. The van der Waals surface area contributed by atoms with Crippen molar-refractivity contribution in [2.45, 2.75) is 17.0 Å². The van der Waals surface area contributed by atoms with Crippen molar-refractivity contribution in [2.75, 3.05) is 12.1 Å². The van der Waals surface area contributed by atoms with Gasteiger partial charge in [-0.15, -0.1) is 11.3 Å². The number of hydrogen-bond donors (Lipinski definition) is 1. The summed E-state index contributed by atoms with van der Waals surface area (Å²) >= 11 is 3.36. The second-order valence-electron chi connectivity index (χ2n) is 6.96. The van der Waals surface area contributed by atoms with E-state index in [4.69, 9.17) is 14.5 Å². The van der Waals surface area contributed by atoms with E-state index in [-0.39, 0.29) is 12.7 Å². The molecule has 0 saturated carbocycles. The molecule has 30 heavy (non-hydrogen) atoms. The summed E-state index contributed by atoms with van der Waals surface area (Å²) in [7, 11) is 0. The standard InChI is InChI=1S/C23H18N2O3S2/c1-14-2-4-15(5-3-14)12-29-23-25-18-8-7-17(11-21(18)30-23)24-22(26)16-6-9-19-20(10-16)28-13-27-19/h2-11H,12-13H2,1H3,(H,24,26). The van der Waals surface area contributed by atoms with Crippen LogP contribution >= 0.6 is 23.1 Å². The highest BCUT2D eigenvalue weighted by Crippen LogP contribution is 2.34. The molecule has 7 heteroatoms. The summed E-state index contributed by atoms with van der Waals surface area (Å²) in [5.41, 5.74) is 4.75. The summed E-state index contributed by atoms with van der Waals surface area (Å²) in [5.74, 6) is 1.95. The number of thiazole rings is 1. The summed E-state index contributed by atoms with van der Waals surface area (Å²) in [4.78, 5) is 17.3. The Balaban J connectivity index is 1.28. The molecule has 0 aliphatic carbocycles. The number of carbonyl (C=O) groups is 1. The van der Waals surface area contributed by atoms with Gasteiger partial charge in [-0.2, -0.15) is 0 Å². The van der Waals surface area contributed by atoms with Crippen LogP contribution in [0.5, 0.6) is 11.5 Å². The maximum atomic E-state index is 12.6. The number of nitrogens with one attached hydrogen (secondary N) is 1. The maximum absolute atomic E-state index is 12.6. The number of carbonyl (C=O) groups excluding carboxylic acids is 1. The average molecular weight is 435 g/mol. The van der Waals surface area contributed by atoms with Gasteiger partial charge in [-0.05, 0) is 48.9 Å². The molecule has 1 aliphatic heterocycles. The fourth-order valence-corrected chi connectivity index (χ4v) is 5.18. The minimum atomic E-state index is -0.189. The molecule has 5 rings (SSSR count). The second kappa shape index (κ2) is 8.01. The van der Waals surface area contributed by atoms with Gasteiger partial charge in [-0.1, -0.05) is 41.6 Å². The number of benzene rings is 3. The van der Waals surface area contributed by atoms with E-state index < -0.39 is 0 Å². The van der Waals surface area contributed by atoms with Crippen LogP contribution in [-0.2, 0) is 5.75 Å². The number of fused-ring (bicyclic) bond motifs is 2. The summed E-state index contributed by atoms with van der Waals surface area (Å²) in [6.07, 6.45) is 0. The molecular weight excluding hydrogens is 416 g/mol. The van der Waals surface area contributed by atoms with Crippen molar-refractivity contribution in [3.8, 4) is 11.5 Å². The van der Waals surface area contributed by atoms with Gasteiger partial charge in [0.25, 0.3) is 5.91 Å². The molecule has 0 unspecified atom stereocenters. The Hall–Kier alpha value is -3.03. The maximum Gasteiger partial charge on any atom is 0.255 e. The third kappa shape index (κ3) is 3.99. The molecule has 1 N–H and O–H groups in total. The van der Waals surface area contributed by atoms with Crippen molar-refractivity contribution >= 4 is 44.9 Å². The highest BCUT2D eigenvalue weighted by atomic mass is 32.2. The monoisotopic (exact) mass is 434 g/mol. The minimum absolute atomic E-state index is 0.187. The molecule has 0 spiro atoms. The Bertz CT molecular complexity index is 1240. The van der Waals surface area contributed by atoms with Crippen molar-refractivity contribution in [3.63, 3.8) is 0 Å². The summed E-state index contributed by atoms with van der Waals surface area (Å²) < 4.78 is 12.7. The summed E-state index contributed by atoms with van der Waals surface area (Å²) in [6.45, 7) is 2.28. The van der Waals surface area contributed by atoms with Crippen molar-refractivity contribution in [1.82, 2.24) is 4.98 Å². The fraction of sp³-hybridized carbons (Fsp3) is 0.130. The molecule has 0 radical (unpaired) electrons. The van der Waals surface area contributed by atoms with Crippen molar-refractivity contribution in [3.05, 3.63) is 77.4 Å². The predicted molar refractivity (Wildman–Crippen MR) is 121 cm³/mol. The quantitative estimate of drug-likeness (QED) is 0.398. The van der Waals surface area contributed by atoms with Gasteiger partial charge < -0.3 is 14.8 Å². The van der Waals surface area contributed by atoms with E-state index in [1.807, 2.05) is 18.2 Å². The van der Waals surface area contributed by atoms with Gasteiger partial charge in [-0.25, -0.2) is 4.98 Å². The van der Waals surface area contributed by atoms with E-state index in [0.717, 1.165) is 26.0 Å². The lowest BCUT2D eigenvalue weighted by Gasteiger charge is -2.06. The first-order chi connectivity index (χ1) is 14.6. The number of aryl methyl sites for hydroxylation is 1.